The third-order valence-corrected chi connectivity index (χ3v) is 3.59. The average molecular weight is 295 g/mol. The largest absolute Gasteiger partial charge is 0.418 e. The molecule has 1 aliphatic rings. The van der Waals surface area contributed by atoms with Crippen LogP contribution in [0.1, 0.15) is 18.1 Å². The first kappa shape index (κ1) is 15.2. The maximum absolute atomic E-state index is 13.2. The maximum Gasteiger partial charge on any atom is 0.418 e. The first-order chi connectivity index (χ1) is 9.82. The summed E-state index contributed by atoms with van der Waals surface area (Å²) < 4.78 is 39.5. The Morgan fingerprint density at radius 1 is 1.24 bits per heavy atom. The topological polar surface area (TPSA) is 30.3 Å². The van der Waals surface area contributed by atoms with Gasteiger partial charge in [-0.1, -0.05) is 6.58 Å². The molecule has 0 saturated carbocycles. The van der Waals surface area contributed by atoms with Gasteiger partial charge in [0.15, 0.2) is 0 Å². The standard InChI is InChI=1S/C15H16F3N3/c1-11(2)20-5-7-21(8-6-20)14-4-3-12(10-19)9-13(14)15(16,17)18/h3-4,9H,1,5-8H2,2H3. The van der Waals surface area contributed by atoms with E-state index in [4.69, 9.17) is 5.26 Å². The van der Waals surface area contributed by atoms with E-state index < -0.39 is 11.7 Å². The van der Waals surface area contributed by atoms with Crippen LogP contribution >= 0.6 is 0 Å². The van der Waals surface area contributed by atoms with Crippen molar-refractivity contribution in [2.24, 2.45) is 0 Å². The van der Waals surface area contributed by atoms with Crippen LogP contribution in [0.3, 0.4) is 0 Å². The van der Waals surface area contributed by atoms with Gasteiger partial charge in [0.05, 0.1) is 17.2 Å². The highest BCUT2D eigenvalue weighted by Crippen LogP contribution is 2.37. The minimum absolute atomic E-state index is 0.0200. The van der Waals surface area contributed by atoms with Gasteiger partial charge >= 0.3 is 6.18 Å². The Hall–Kier alpha value is -2.16. The summed E-state index contributed by atoms with van der Waals surface area (Å²) in [6.45, 7) is 8.03. The summed E-state index contributed by atoms with van der Waals surface area (Å²) >= 11 is 0. The number of hydrogen-bond donors (Lipinski definition) is 0. The molecule has 1 aromatic rings. The van der Waals surface area contributed by atoms with E-state index in [1.54, 1.807) is 11.0 Å². The molecule has 1 fully saturated rings. The molecule has 0 atom stereocenters. The molecule has 0 spiro atoms. The molecular formula is C15H16F3N3. The Bertz CT molecular complexity index is 579. The van der Waals surface area contributed by atoms with Crippen LogP contribution < -0.4 is 4.90 Å². The van der Waals surface area contributed by atoms with Crippen LogP contribution in [0.25, 0.3) is 0 Å². The molecule has 0 amide bonds. The van der Waals surface area contributed by atoms with Crippen molar-refractivity contribution >= 4 is 5.69 Å². The lowest BCUT2D eigenvalue weighted by Crippen LogP contribution is -2.45. The Morgan fingerprint density at radius 2 is 1.86 bits per heavy atom. The number of benzene rings is 1. The summed E-state index contributed by atoms with van der Waals surface area (Å²) in [5, 5.41) is 8.78. The van der Waals surface area contributed by atoms with E-state index in [0.717, 1.165) is 11.8 Å². The summed E-state index contributed by atoms with van der Waals surface area (Å²) in [5.74, 6) is 0. The van der Waals surface area contributed by atoms with Crippen LogP contribution in [0.4, 0.5) is 18.9 Å². The van der Waals surface area contributed by atoms with Crippen LogP contribution in [0.5, 0.6) is 0 Å². The van der Waals surface area contributed by atoms with Gasteiger partial charge in [0.25, 0.3) is 0 Å². The first-order valence-corrected chi connectivity index (χ1v) is 6.59. The molecule has 0 bridgehead atoms. The SMILES string of the molecule is C=C(C)N1CCN(c2ccc(C#N)cc2C(F)(F)F)CC1. The van der Waals surface area contributed by atoms with Gasteiger partial charge in [-0.05, 0) is 25.1 Å². The maximum atomic E-state index is 13.2. The van der Waals surface area contributed by atoms with E-state index in [-0.39, 0.29) is 11.3 Å². The summed E-state index contributed by atoms with van der Waals surface area (Å²) in [4.78, 5) is 3.76. The number of piperazine rings is 1. The van der Waals surface area contributed by atoms with Crippen molar-refractivity contribution in [1.29, 1.82) is 5.26 Å². The molecule has 6 heteroatoms. The van der Waals surface area contributed by atoms with E-state index in [1.807, 2.05) is 11.8 Å². The summed E-state index contributed by atoms with van der Waals surface area (Å²) in [6, 6.07) is 5.48. The Kier molecular flexibility index (Phi) is 4.12. The van der Waals surface area contributed by atoms with E-state index in [0.29, 0.717) is 26.2 Å². The molecule has 21 heavy (non-hydrogen) atoms. The minimum atomic E-state index is -4.46. The van der Waals surface area contributed by atoms with E-state index in [2.05, 4.69) is 6.58 Å². The van der Waals surface area contributed by atoms with E-state index in [1.165, 1.54) is 12.1 Å². The zero-order valence-corrected chi connectivity index (χ0v) is 11.7. The predicted molar refractivity (Wildman–Crippen MR) is 74.8 cm³/mol. The third-order valence-electron chi connectivity index (χ3n) is 3.59. The van der Waals surface area contributed by atoms with Crippen molar-refractivity contribution in [2.45, 2.75) is 13.1 Å². The minimum Gasteiger partial charge on any atom is -0.372 e. The predicted octanol–water partition coefficient (Wildman–Crippen LogP) is 3.23. The van der Waals surface area contributed by atoms with Crippen LogP contribution in [-0.2, 0) is 6.18 Å². The van der Waals surface area contributed by atoms with Crippen LogP contribution in [0.2, 0.25) is 0 Å². The van der Waals surface area contributed by atoms with Crippen molar-refractivity contribution < 1.29 is 13.2 Å². The number of rotatable bonds is 2. The fourth-order valence-corrected chi connectivity index (χ4v) is 2.44. The van der Waals surface area contributed by atoms with E-state index >= 15 is 0 Å². The van der Waals surface area contributed by atoms with Gasteiger partial charge in [-0.25, -0.2) is 0 Å². The Balaban J connectivity index is 2.29. The van der Waals surface area contributed by atoms with Gasteiger partial charge in [0.2, 0.25) is 0 Å². The van der Waals surface area contributed by atoms with Crippen LogP contribution in [0.15, 0.2) is 30.5 Å². The van der Waals surface area contributed by atoms with Crippen molar-refractivity contribution in [3.63, 3.8) is 0 Å². The number of allylic oxidation sites excluding steroid dienone is 1. The van der Waals surface area contributed by atoms with Gasteiger partial charge in [-0.2, -0.15) is 18.4 Å². The van der Waals surface area contributed by atoms with Crippen molar-refractivity contribution in [1.82, 2.24) is 4.90 Å². The normalized spacial score (nSPS) is 15.8. The molecule has 1 saturated heterocycles. The second-order valence-electron chi connectivity index (χ2n) is 5.05. The molecule has 112 valence electrons. The summed E-state index contributed by atoms with van der Waals surface area (Å²) in [6.07, 6.45) is -4.46. The smallest absolute Gasteiger partial charge is 0.372 e. The quantitative estimate of drug-likeness (QED) is 0.839. The molecule has 2 rings (SSSR count). The fraction of sp³-hybridized carbons (Fsp3) is 0.400. The highest BCUT2D eigenvalue weighted by molar-refractivity contribution is 5.58. The van der Waals surface area contributed by atoms with Gasteiger partial charge < -0.3 is 9.80 Å². The molecule has 0 aromatic heterocycles. The Labute approximate surface area is 121 Å². The van der Waals surface area contributed by atoms with Crippen molar-refractivity contribution in [3.8, 4) is 6.07 Å². The number of anilines is 1. The molecule has 0 aliphatic carbocycles. The molecule has 1 aliphatic heterocycles. The number of alkyl halides is 3. The van der Waals surface area contributed by atoms with E-state index in [9.17, 15) is 13.2 Å². The zero-order chi connectivity index (χ0) is 15.6. The second kappa shape index (κ2) is 5.68. The van der Waals surface area contributed by atoms with Crippen LogP contribution in [0, 0.1) is 11.3 Å². The molecular weight excluding hydrogens is 279 g/mol. The van der Waals surface area contributed by atoms with Crippen molar-refractivity contribution in [2.75, 3.05) is 31.1 Å². The lowest BCUT2D eigenvalue weighted by Gasteiger charge is -2.38. The number of nitriles is 1. The summed E-state index contributed by atoms with van der Waals surface area (Å²) in [5.41, 5.74) is 0.338. The monoisotopic (exact) mass is 295 g/mol. The second-order valence-corrected chi connectivity index (χ2v) is 5.05. The lowest BCUT2D eigenvalue weighted by atomic mass is 10.1. The van der Waals surface area contributed by atoms with Gasteiger partial charge in [0, 0.05) is 37.6 Å². The fourth-order valence-electron chi connectivity index (χ4n) is 2.44. The van der Waals surface area contributed by atoms with Crippen molar-refractivity contribution in [3.05, 3.63) is 41.6 Å². The number of nitrogens with zero attached hydrogens (tertiary/aromatic N) is 3. The van der Waals surface area contributed by atoms with Crippen LogP contribution in [-0.4, -0.2) is 31.1 Å². The number of hydrogen-bond acceptors (Lipinski definition) is 3. The molecule has 1 aromatic carbocycles. The molecule has 1 heterocycles. The van der Waals surface area contributed by atoms with Gasteiger partial charge in [-0.15, -0.1) is 0 Å². The summed E-state index contributed by atoms with van der Waals surface area (Å²) in [7, 11) is 0. The highest BCUT2D eigenvalue weighted by Gasteiger charge is 2.35. The molecule has 0 unspecified atom stereocenters. The third kappa shape index (κ3) is 3.30. The van der Waals surface area contributed by atoms with Gasteiger partial charge in [0.1, 0.15) is 0 Å². The molecule has 0 radical (unpaired) electrons. The number of halogens is 3. The highest BCUT2D eigenvalue weighted by atomic mass is 19.4. The Morgan fingerprint density at radius 3 is 2.33 bits per heavy atom. The van der Waals surface area contributed by atoms with Gasteiger partial charge in [-0.3, -0.25) is 0 Å². The molecule has 0 N–H and O–H groups in total. The zero-order valence-electron chi connectivity index (χ0n) is 11.7. The molecule has 3 nitrogen and oxygen atoms in total. The average Bonchev–Trinajstić information content (AvgIpc) is 2.46. The lowest BCUT2D eigenvalue weighted by molar-refractivity contribution is -0.137. The first-order valence-electron chi connectivity index (χ1n) is 6.59.